The van der Waals surface area contributed by atoms with Gasteiger partial charge in [-0.3, -0.25) is 20.6 Å². The molecule has 3 N–H and O–H groups in total. The number of hydrogen-bond donors (Lipinski definition) is 3. The Morgan fingerprint density at radius 2 is 1.74 bits per heavy atom. The Bertz CT molecular complexity index is 559. The summed E-state index contributed by atoms with van der Waals surface area (Å²) in [6, 6.07) is 14.5. The minimum Gasteiger partial charge on any atom is -0.331 e. The van der Waals surface area contributed by atoms with Crippen LogP contribution in [0.25, 0.3) is 0 Å². The number of hydrogen-bond acceptors (Lipinski definition) is 3. The standard InChI is InChI=1S/C13H12N4OS/c18-12(11-8-4-5-9-14-11)16-17-13(19)15-10-6-2-1-3-7-10/h1-9H,(H,16,18)(H2,15,17,19). The van der Waals surface area contributed by atoms with Crippen LogP contribution >= 0.6 is 12.2 Å². The number of carbonyl (C=O) groups excluding carboxylic acids is 1. The van der Waals surface area contributed by atoms with E-state index >= 15 is 0 Å². The number of hydrazine groups is 1. The van der Waals surface area contributed by atoms with E-state index < -0.39 is 0 Å². The normalized spacial score (nSPS) is 9.47. The maximum absolute atomic E-state index is 11.7. The number of amides is 1. The Balaban J connectivity index is 1.83. The first kappa shape index (κ1) is 13.0. The van der Waals surface area contributed by atoms with Crippen LogP contribution in [0.3, 0.4) is 0 Å². The van der Waals surface area contributed by atoms with Crippen LogP contribution in [-0.2, 0) is 0 Å². The first-order valence-electron chi connectivity index (χ1n) is 5.59. The van der Waals surface area contributed by atoms with Crippen LogP contribution in [0.15, 0.2) is 54.7 Å². The molecule has 0 spiro atoms. The largest absolute Gasteiger partial charge is 0.331 e. The lowest BCUT2D eigenvalue weighted by Crippen LogP contribution is -2.44. The third kappa shape index (κ3) is 4.04. The summed E-state index contributed by atoms with van der Waals surface area (Å²) in [4.78, 5) is 15.6. The minimum atomic E-state index is -0.349. The molecule has 2 aromatic rings. The number of para-hydroxylation sites is 1. The van der Waals surface area contributed by atoms with Gasteiger partial charge in [-0.25, -0.2) is 0 Å². The first-order chi connectivity index (χ1) is 9.25. The lowest BCUT2D eigenvalue weighted by Gasteiger charge is -2.11. The predicted molar refractivity (Wildman–Crippen MR) is 77.5 cm³/mol. The van der Waals surface area contributed by atoms with E-state index in [0.717, 1.165) is 5.69 Å². The number of rotatable bonds is 2. The fraction of sp³-hybridized carbons (Fsp3) is 0. The zero-order valence-electron chi connectivity index (χ0n) is 9.96. The zero-order valence-corrected chi connectivity index (χ0v) is 10.8. The topological polar surface area (TPSA) is 66.1 Å². The molecular weight excluding hydrogens is 260 g/mol. The van der Waals surface area contributed by atoms with Crippen LogP contribution in [0.4, 0.5) is 5.69 Å². The van der Waals surface area contributed by atoms with E-state index in [0.29, 0.717) is 10.8 Å². The van der Waals surface area contributed by atoms with Crippen LogP contribution in [-0.4, -0.2) is 16.0 Å². The molecule has 0 aliphatic heterocycles. The molecule has 1 aromatic carbocycles. The average molecular weight is 272 g/mol. The molecule has 2 rings (SSSR count). The molecule has 6 heteroatoms. The van der Waals surface area contributed by atoms with Crippen LogP contribution in [0.1, 0.15) is 10.5 Å². The van der Waals surface area contributed by atoms with Gasteiger partial charge in [-0.1, -0.05) is 24.3 Å². The molecule has 1 amide bonds. The maximum atomic E-state index is 11.7. The number of carbonyl (C=O) groups is 1. The Morgan fingerprint density at radius 1 is 1.00 bits per heavy atom. The van der Waals surface area contributed by atoms with Gasteiger partial charge >= 0.3 is 0 Å². The summed E-state index contributed by atoms with van der Waals surface area (Å²) < 4.78 is 0. The van der Waals surface area contributed by atoms with Gasteiger partial charge in [0.05, 0.1) is 0 Å². The fourth-order valence-corrected chi connectivity index (χ4v) is 1.53. The molecule has 0 fully saturated rings. The lowest BCUT2D eigenvalue weighted by atomic mass is 10.3. The minimum absolute atomic E-state index is 0.301. The Kier molecular flexibility index (Phi) is 4.41. The van der Waals surface area contributed by atoms with Gasteiger partial charge in [0.15, 0.2) is 5.11 Å². The molecule has 0 saturated heterocycles. The highest BCUT2D eigenvalue weighted by atomic mass is 32.1. The van der Waals surface area contributed by atoms with Gasteiger partial charge in [0.1, 0.15) is 5.69 Å². The van der Waals surface area contributed by atoms with Gasteiger partial charge in [0.2, 0.25) is 0 Å². The second-order valence-corrected chi connectivity index (χ2v) is 4.02. The van der Waals surface area contributed by atoms with Gasteiger partial charge < -0.3 is 5.32 Å². The summed E-state index contributed by atoms with van der Waals surface area (Å²) in [6.45, 7) is 0. The van der Waals surface area contributed by atoms with Gasteiger partial charge in [-0.2, -0.15) is 0 Å². The molecule has 0 atom stereocenters. The van der Waals surface area contributed by atoms with E-state index in [1.807, 2.05) is 30.3 Å². The first-order valence-corrected chi connectivity index (χ1v) is 6.00. The molecule has 5 nitrogen and oxygen atoms in total. The molecule has 0 aliphatic rings. The summed E-state index contributed by atoms with van der Waals surface area (Å²) >= 11 is 5.05. The van der Waals surface area contributed by atoms with Crippen molar-refractivity contribution in [2.45, 2.75) is 0 Å². The van der Waals surface area contributed by atoms with Gasteiger partial charge in [0, 0.05) is 11.9 Å². The predicted octanol–water partition coefficient (Wildman–Crippen LogP) is 1.71. The highest BCUT2D eigenvalue weighted by Crippen LogP contribution is 2.03. The lowest BCUT2D eigenvalue weighted by molar-refractivity contribution is 0.0939. The number of anilines is 1. The van der Waals surface area contributed by atoms with Crippen LogP contribution in [0, 0.1) is 0 Å². The van der Waals surface area contributed by atoms with E-state index in [-0.39, 0.29) is 5.91 Å². The van der Waals surface area contributed by atoms with Crippen LogP contribution < -0.4 is 16.2 Å². The fourth-order valence-electron chi connectivity index (χ4n) is 1.36. The van der Waals surface area contributed by atoms with E-state index in [9.17, 15) is 4.79 Å². The maximum Gasteiger partial charge on any atom is 0.288 e. The van der Waals surface area contributed by atoms with Crippen molar-refractivity contribution in [3.05, 3.63) is 60.4 Å². The highest BCUT2D eigenvalue weighted by molar-refractivity contribution is 7.80. The van der Waals surface area contributed by atoms with Gasteiger partial charge in [-0.15, -0.1) is 0 Å². The quantitative estimate of drug-likeness (QED) is 0.574. The molecule has 96 valence electrons. The summed E-state index contributed by atoms with van der Waals surface area (Å²) in [7, 11) is 0. The molecule has 0 saturated carbocycles. The molecule has 19 heavy (non-hydrogen) atoms. The number of aromatic nitrogens is 1. The van der Waals surface area contributed by atoms with Crippen molar-refractivity contribution in [3.8, 4) is 0 Å². The number of benzene rings is 1. The molecule has 0 radical (unpaired) electrons. The SMILES string of the molecule is O=C(NNC(=S)Nc1ccccc1)c1ccccn1. The van der Waals surface area contributed by atoms with Gasteiger partial charge in [0.25, 0.3) is 5.91 Å². The second kappa shape index (κ2) is 6.46. The van der Waals surface area contributed by atoms with E-state index in [1.165, 1.54) is 0 Å². The van der Waals surface area contributed by atoms with Crippen molar-refractivity contribution in [1.82, 2.24) is 15.8 Å². The average Bonchev–Trinajstić information content (AvgIpc) is 2.47. The molecule has 1 heterocycles. The van der Waals surface area contributed by atoms with Crippen molar-refractivity contribution in [1.29, 1.82) is 0 Å². The third-order valence-corrected chi connectivity index (χ3v) is 2.42. The number of nitrogens with zero attached hydrogens (tertiary/aromatic N) is 1. The monoisotopic (exact) mass is 272 g/mol. The summed E-state index contributed by atoms with van der Waals surface area (Å²) in [5, 5.41) is 3.24. The number of pyridine rings is 1. The van der Waals surface area contributed by atoms with E-state index in [2.05, 4.69) is 21.2 Å². The Morgan fingerprint density at radius 3 is 2.42 bits per heavy atom. The van der Waals surface area contributed by atoms with Crippen molar-refractivity contribution in [2.75, 3.05) is 5.32 Å². The number of nitrogens with one attached hydrogen (secondary N) is 3. The van der Waals surface area contributed by atoms with Crippen molar-refractivity contribution in [3.63, 3.8) is 0 Å². The summed E-state index contributed by atoms with van der Waals surface area (Å²) in [6.07, 6.45) is 1.55. The summed E-state index contributed by atoms with van der Waals surface area (Å²) in [5.74, 6) is -0.349. The van der Waals surface area contributed by atoms with Crippen molar-refractivity contribution < 1.29 is 4.79 Å². The van der Waals surface area contributed by atoms with Crippen LogP contribution in [0.2, 0.25) is 0 Å². The molecule has 1 aromatic heterocycles. The summed E-state index contributed by atoms with van der Waals surface area (Å²) in [5.41, 5.74) is 6.23. The zero-order chi connectivity index (χ0) is 13.5. The van der Waals surface area contributed by atoms with E-state index in [4.69, 9.17) is 12.2 Å². The molecule has 0 bridgehead atoms. The Hall–Kier alpha value is -2.47. The van der Waals surface area contributed by atoms with Crippen molar-refractivity contribution in [2.24, 2.45) is 0 Å². The van der Waals surface area contributed by atoms with Crippen LogP contribution in [0.5, 0.6) is 0 Å². The van der Waals surface area contributed by atoms with Crippen molar-refractivity contribution >= 4 is 28.9 Å². The molecular formula is C13H12N4OS. The third-order valence-electron chi connectivity index (χ3n) is 2.22. The number of thiocarbonyl (C=S) groups is 1. The highest BCUT2D eigenvalue weighted by Gasteiger charge is 2.05. The Labute approximate surface area is 116 Å². The second-order valence-electron chi connectivity index (χ2n) is 3.61. The van der Waals surface area contributed by atoms with Gasteiger partial charge in [-0.05, 0) is 36.5 Å². The molecule has 0 unspecified atom stereocenters. The smallest absolute Gasteiger partial charge is 0.288 e. The molecule has 0 aliphatic carbocycles. The van der Waals surface area contributed by atoms with E-state index in [1.54, 1.807) is 24.4 Å².